The van der Waals surface area contributed by atoms with Crippen molar-refractivity contribution in [2.45, 2.75) is 19.1 Å². The first-order chi connectivity index (χ1) is 12.2. The number of aromatic nitrogens is 1. The Kier molecular flexibility index (Phi) is 5.20. The minimum Gasteiger partial charge on any atom is -0.445 e. The van der Waals surface area contributed by atoms with E-state index < -0.39 is 12.1 Å². The molecule has 6 heteroatoms. The molecule has 3 rings (SSSR count). The molecule has 0 aliphatic rings. The predicted octanol–water partition coefficient (Wildman–Crippen LogP) is 2.58. The summed E-state index contributed by atoms with van der Waals surface area (Å²) in [6, 6.07) is 14.6. The Morgan fingerprint density at radius 3 is 2.76 bits per heavy atom. The normalized spacial score (nSPS) is 12.0. The van der Waals surface area contributed by atoms with Crippen LogP contribution >= 0.6 is 0 Å². The van der Waals surface area contributed by atoms with Crippen molar-refractivity contribution in [2.24, 2.45) is 0 Å². The van der Waals surface area contributed by atoms with Crippen LogP contribution in [0.15, 0.2) is 54.7 Å². The quantitative estimate of drug-likeness (QED) is 0.519. The van der Waals surface area contributed by atoms with Gasteiger partial charge in [0.15, 0.2) is 0 Å². The summed E-state index contributed by atoms with van der Waals surface area (Å²) in [4.78, 5) is 15.1. The van der Waals surface area contributed by atoms with Gasteiger partial charge in [-0.3, -0.25) is 0 Å². The molecule has 0 saturated carbocycles. The highest BCUT2D eigenvalue weighted by molar-refractivity contribution is 5.93. The van der Waals surface area contributed by atoms with Crippen molar-refractivity contribution in [1.82, 2.24) is 10.3 Å². The molecular formula is C19H21N3O3. The van der Waals surface area contributed by atoms with Gasteiger partial charge < -0.3 is 25.9 Å². The summed E-state index contributed by atoms with van der Waals surface area (Å²) in [6.07, 6.45) is 1.74. The van der Waals surface area contributed by atoms with Crippen LogP contribution < -0.4 is 11.1 Å². The van der Waals surface area contributed by atoms with Gasteiger partial charge in [0.1, 0.15) is 6.61 Å². The molecule has 130 valence electrons. The zero-order valence-corrected chi connectivity index (χ0v) is 13.7. The monoisotopic (exact) mass is 339 g/mol. The number of carbonyl (C=O) groups excluding carboxylic acids is 1. The molecule has 0 bridgehead atoms. The van der Waals surface area contributed by atoms with E-state index in [4.69, 9.17) is 10.5 Å². The summed E-state index contributed by atoms with van der Waals surface area (Å²) < 4.78 is 5.20. The molecule has 1 unspecified atom stereocenters. The van der Waals surface area contributed by atoms with Crippen LogP contribution in [0.5, 0.6) is 0 Å². The smallest absolute Gasteiger partial charge is 0.407 e. The second-order valence-electron chi connectivity index (χ2n) is 5.87. The average molecular weight is 339 g/mol. The number of nitrogen functional groups attached to an aromatic ring is 1. The van der Waals surface area contributed by atoms with Crippen LogP contribution in [0.2, 0.25) is 0 Å². The van der Waals surface area contributed by atoms with Crippen molar-refractivity contribution in [1.29, 1.82) is 0 Å². The lowest BCUT2D eigenvalue weighted by molar-refractivity contribution is 0.129. The number of hydrogen-bond acceptors (Lipinski definition) is 4. The molecule has 0 aliphatic carbocycles. The van der Waals surface area contributed by atoms with Crippen LogP contribution in [-0.4, -0.2) is 28.8 Å². The molecule has 0 radical (unpaired) electrons. The van der Waals surface area contributed by atoms with Gasteiger partial charge in [-0.1, -0.05) is 36.4 Å². The van der Waals surface area contributed by atoms with Crippen molar-refractivity contribution < 1.29 is 14.6 Å². The van der Waals surface area contributed by atoms with E-state index in [0.717, 1.165) is 22.0 Å². The number of ether oxygens (including phenoxy) is 1. The molecule has 5 N–H and O–H groups in total. The van der Waals surface area contributed by atoms with Gasteiger partial charge in [-0.2, -0.15) is 0 Å². The summed E-state index contributed by atoms with van der Waals surface area (Å²) in [5, 5.41) is 13.2. The fraction of sp³-hybridized carbons (Fsp3) is 0.211. The number of aromatic amines is 1. The summed E-state index contributed by atoms with van der Waals surface area (Å²) in [5.74, 6) is 0. The molecular weight excluding hydrogens is 318 g/mol. The molecule has 0 spiro atoms. The van der Waals surface area contributed by atoms with E-state index >= 15 is 0 Å². The Morgan fingerprint density at radius 1 is 1.20 bits per heavy atom. The SMILES string of the molecule is Nc1cccc2[nH]cc(CC(CO)NC(=O)OCc3ccccc3)c12. The van der Waals surface area contributed by atoms with Crippen LogP contribution in [-0.2, 0) is 17.8 Å². The zero-order chi connectivity index (χ0) is 17.6. The third-order valence-electron chi connectivity index (χ3n) is 4.04. The Balaban J connectivity index is 1.61. The van der Waals surface area contributed by atoms with Gasteiger partial charge in [0, 0.05) is 22.8 Å². The highest BCUT2D eigenvalue weighted by Gasteiger charge is 2.16. The summed E-state index contributed by atoms with van der Waals surface area (Å²) in [6.45, 7) is -0.00922. The van der Waals surface area contributed by atoms with E-state index in [1.54, 1.807) is 0 Å². The maximum Gasteiger partial charge on any atom is 0.407 e. The highest BCUT2D eigenvalue weighted by Crippen LogP contribution is 2.25. The molecule has 1 aromatic heterocycles. The second kappa shape index (κ2) is 7.72. The van der Waals surface area contributed by atoms with E-state index in [2.05, 4.69) is 10.3 Å². The van der Waals surface area contributed by atoms with E-state index in [0.29, 0.717) is 12.1 Å². The number of carbonyl (C=O) groups is 1. The Labute approximate surface area is 145 Å². The van der Waals surface area contributed by atoms with Crippen LogP contribution in [0.3, 0.4) is 0 Å². The molecule has 25 heavy (non-hydrogen) atoms. The van der Waals surface area contributed by atoms with Crippen LogP contribution in [0, 0.1) is 0 Å². The molecule has 0 fully saturated rings. The van der Waals surface area contributed by atoms with Crippen molar-refractivity contribution in [3.8, 4) is 0 Å². The van der Waals surface area contributed by atoms with Gasteiger partial charge in [0.05, 0.1) is 12.6 Å². The number of benzene rings is 2. The minimum atomic E-state index is -0.560. The number of amides is 1. The number of aliphatic hydroxyl groups is 1. The largest absolute Gasteiger partial charge is 0.445 e. The van der Waals surface area contributed by atoms with E-state index in [9.17, 15) is 9.90 Å². The number of nitrogens with one attached hydrogen (secondary N) is 2. The lowest BCUT2D eigenvalue weighted by Crippen LogP contribution is -2.39. The molecule has 3 aromatic rings. The molecule has 0 saturated heterocycles. The Hall–Kier alpha value is -2.99. The number of anilines is 1. The average Bonchev–Trinajstić information content (AvgIpc) is 3.04. The third-order valence-corrected chi connectivity index (χ3v) is 4.04. The van der Waals surface area contributed by atoms with E-state index in [1.807, 2.05) is 54.7 Å². The molecule has 6 nitrogen and oxygen atoms in total. The molecule has 0 aliphatic heterocycles. The predicted molar refractivity (Wildman–Crippen MR) is 97.1 cm³/mol. The molecule has 2 aromatic carbocycles. The summed E-state index contributed by atoms with van der Waals surface area (Å²) >= 11 is 0. The lowest BCUT2D eigenvalue weighted by Gasteiger charge is -2.16. The van der Waals surface area contributed by atoms with Gasteiger partial charge in [-0.15, -0.1) is 0 Å². The topological polar surface area (TPSA) is 100 Å². The van der Waals surface area contributed by atoms with Gasteiger partial charge >= 0.3 is 6.09 Å². The van der Waals surface area contributed by atoms with Gasteiger partial charge in [-0.05, 0) is 29.7 Å². The van der Waals surface area contributed by atoms with Crippen molar-refractivity contribution in [3.05, 3.63) is 65.9 Å². The number of aliphatic hydroxyl groups excluding tert-OH is 1. The number of rotatable bonds is 6. The first kappa shape index (κ1) is 16.9. The number of alkyl carbamates (subject to hydrolysis) is 1. The fourth-order valence-electron chi connectivity index (χ4n) is 2.80. The Morgan fingerprint density at radius 2 is 2.00 bits per heavy atom. The summed E-state index contributed by atoms with van der Waals surface area (Å²) in [7, 11) is 0. The van der Waals surface area contributed by atoms with E-state index in [-0.39, 0.29) is 13.2 Å². The van der Waals surface area contributed by atoms with Crippen LogP contribution in [0.1, 0.15) is 11.1 Å². The lowest BCUT2D eigenvalue weighted by atomic mass is 10.0. The fourth-order valence-corrected chi connectivity index (χ4v) is 2.80. The first-order valence-electron chi connectivity index (χ1n) is 8.10. The van der Waals surface area contributed by atoms with Crippen molar-refractivity contribution in [2.75, 3.05) is 12.3 Å². The van der Waals surface area contributed by atoms with Gasteiger partial charge in [0.2, 0.25) is 0 Å². The number of H-pyrrole nitrogens is 1. The summed E-state index contributed by atoms with van der Waals surface area (Å²) in [5.41, 5.74) is 9.48. The number of hydrogen-bond donors (Lipinski definition) is 4. The second-order valence-corrected chi connectivity index (χ2v) is 5.87. The van der Waals surface area contributed by atoms with E-state index in [1.165, 1.54) is 0 Å². The van der Waals surface area contributed by atoms with Crippen molar-refractivity contribution >= 4 is 22.7 Å². The first-order valence-corrected chi connectivity index (χ1v) is 8.10. The minimum absolute atomic E-state index is 0.185. The van der Waals surface area contributed by atoms with Crippen LogP contribution in [0.4, 0.5) is 10.5 Å². The molecule has 1 atom stereocenters. The van der Waals surface area contributed by atoms with Crippen LogP contribution in [0.25, 0.3) is 10.9 Å². The maximum absolute atomic E-state index is 12.0. The standard InChI is InChI=1S/C19H21N3O3/c20-16-7-4-8-17-18(16)14(10-21-17)9-15(11-23)22-19(24)25-12-13-5-2-1-3-6-13/h1-8,10,15,21,23H,9,11-12,20H2,(H,22,24). The molecule has 1 heterocycles. The van der Waals surface area contributed by atoms with Gasteiger partial charge in [0.25, 0.3) is 0 Å². The number of nitrogens with two attached hydrogens (primary N) is 1. The zero-order valence-electron chi connectivity index (χ0n) is 13.7. The molecule has 1 amide bonds. The Bertz CT molecular complexity index is 846. The third kappa shape index (κ3) is 4.10. The number of fused-ring (bicyclic) bond motifs is 1. The van der Waals surface area contributed by atoms with Crippen molar-refractivity contribution in [3.63, 3.8) is 0 Å². The highest BCUT2D eigenvalue weighted by atomic mass is 16.5. The maximum atomic E-state index is 12.0. The van der Waals surface area contributed by atoms with Gasteiger partial charge in [-0.25, -0.2) is 4.79 Å².